The number of furan rings is 1. The maximum atomic E-state index is 10.7. The zero-order chi connectivity index (χ0) is 20.0. The Morgan fingerprint density at radius 1 is 1.28 bits per heavy atom. The summed E-state index contributed by atoms with van der Waals surface area (Å²) in [6.07, 6.45) is 5.30. The molecule has 0 spiro atoms. The fourth-order valence-electron chi connectivity index (χ4n) is 2.67. The highest BCUT2D eigenvalue weighted by Gasteiger charge is 2.27. The first-order valence-electron chi connectivity index (χ1n) is 9.24. The van der Waals surface area contributed by atoms with Gasteiger partial charge in [-0.2, -0.15) is 5.10 Å². The summed E-state index contributed by atoms with van der Waals surface area (Å²) in [5.41, 5.74) is -0.139. The molecule has 1 unspecified atom stereocenters. The second-order valence-corrected chi connectivity index (χ2v) is 6.71. The minimum absolute atomic E-state index is 0. The lowest BCUT2D eigenvalue weighted by molar-refractivity contribution is 0.0378. The van der Waals surface area contributed by atoms with Crippen LogP contribution in [0.2, 0.25) is 0 Å². The van der Waals surface area contributed by atoms with Gasteiger partial charge in [-0.3, -0.25) is 0 Å². The molecule has 9 heteroatoms. The normalized spacial score (nSPS) is 13.4. The molecule has 0 bridgehead atoms. The van der Waals surface area contributed by atoms with Gasteiger partial charge in [0.25, 0.3) is 0 Å². The molecule has 0 aliphatic heterocycles. The van der Waals surface area contributed by atoms with Crippen LogP contribution in [0.5, 0.6) is 0 Å². The van der Waals surface area contributed by atoms with Gasteiger partial charge >= 0.3 is 0 Å². The maximum Gasteiger partial charge on any atom is 0.191 e. The van der Waals surface area contributed by atoms with E-state index in [-0.39, 0.29) is 30.5 Å². The third-order valence-electron chi connectivity index (χ3n) is 4.18. The standard InChI is InChI=1S/C20H26N6O2.HI/c1-4-21-19(24-14-20(3,27)17-7-6-15(2)28-17)23-13-16-8-10-22-18(12-16)26-11-5-9-25-26;/h5-12,27H,4,13-14H2,1-3H3,(H2,21,23,24);1H. The molecule has 3 rings (SSSR count). The average Bonchev–Trinajstić information content (AvgIpc) is 3.36. The number of aryl methyl sites for hydroxylation is 1. The van der Waals surface area contributed by atoms with Crippen molar-refractivity contribution in [2.24, 2.45) is 4.99 Å². The zero-order valence-corrected chi connectivity index (χ0v) is 19.1. The van der Waals surface area contributed by atoms with Crippen LogP contribution in [0.1, 0.15) is 30.9 Å². The van der Waals surface area contributed by atoms with Crippen LogP contribution in [0.25, 0.3) is 5.82 Å². The molecule has 29 heavy (non-hydrogen) atoms. The van der Waals surface area contributed by atoms with E-state index in [1.807, 2.05) is 44.3 Å². The van der Waals surface area contributed by atoms with E-state index in [1.165, 1.54) is 0 Å². The predicted octanol–water partition coefficient (Wildman–Crippen LogP) is 2.75. The molecule has 0 fully saturated rings. The number of hydrogen-bond acceptors (Lipinski definition) is 5. The molecule has 156 valence electrons. The first-order valence-corrected chi connectivity index (χ1v) is 9.24. The number of nitrogens with one attached hydrogen (secondary N) is 2. The van der Waals surface area contributed by atoms with Gasteiger partial charge in [0.05, 0.1) is 13.1 Å². The number of halogens is 1. The van der Waals surface area contributed by atoms with Crippen LogP contribution in [0.4, 0.5) is 0 Å². The number of aliphatic imine (C=N–C) groups is 1. The topological polar surface area (TPSA) is 100 Å². The largest absolute Gasteiger partial charge is 0.463 e. The van der Waals surface area contributed by atoms with E-state index in [9.17, 15) is 5.11 Å². The SMILES string of the molecule is CCNC(=NCc1ccnc(-n2cccn2)c1)NCC(C)(O)c1ccc(C)o1.I. The molecule has 3 N–H and O–H groups in total. The summed E-state index contributed by atoms with van der Waals surface area (Å²) >= 11 is 0. The minimum Gasteiger partial charge on any atom is -0.463 e. The fourth-order valence-corrected chi connectivity index (χ4v) is 2.67. The average molecular weight is 510 g/mol. The molecule has 0 amide bonds. The molecule has 0 saturated carbocycles. The lowest BCUT2D eigenvalue weighted by Gasteiger charge is -2.22. The number of guanidine groups is 1. The third kappa shape index (κ3) is 6.29. The number of pyridine rings is 1. The van der Waals surface area contributed by atoms with E-state index in [4.69, 9.17) is 4.42 Å². The highest BCUT2D eigenvalue weighted by atomic mass is 127. The van der Waals surface area contributed by atoms with E-state index in [1.54, 1.807) is 30.1 Å². The fraction of sp³-hybridized carbons (Fsp3) is 0.350. The Morgan fingerprint density at radius 3 is 2.76 bits per heavy atom. The minimum atomic E-state index is -1.14. The smallest absolute Gasteiger partial charge is 0.191 e. The second kappa shape index (κ2) is 10.4. The van der Waals surface area contributed by atoms with Gasteiger partial charge in [0.2, 0.25) is 0 Å². The Hall–Kier alpha value is -2.40. The van der Waals surface area contributed by atoms with Crippen molar-refractivity contribution in [2.75, 3.05) is 13.1 Å². The van der Waals surface area contributed by atoms with Crippen molar-refractivity contribution in [2.45, 2.75) is 32.9 Å². The number of aliphatic hydroxyl groups is 1. The second-order valence-electron chi connectivity index (χ2n) is 6.71. The van der Waals surface area contributed by atoms with E-state index < -0.39 is 5.60 Å². The Kier molecular flexibility index (Phi) is 8.21. The van der Waals surface area contributed by atoms with Crippen LogP contribution < -0.4 is 10.6 Å². The van der Waals surface area contributed by atoms with Crippen LogP contribution in [-0.2, 0) is 12.1 Å². The summed E-state index contributed by atoms with van der Waals surface area (Å²) < 4.78 is 7.26. The van der Waals surface area contributed by atoms with Crippen molar-refractivity contribution in [3.63, 3.8) is 0 Å². The maximum absolute atomic E-state index is 10.7. The highest BCUT2D eigenvalue weighted by molar-refractivity contribution is 14.0. The predicted molar refractivity (Wildman–Crippen MR) is 123 cm³/mol. The number of rotatable bonds is 7. The molecular weight excluding hydrogens is 483 g/mol. The van der Waals surface area contributed by atoms with Gasteiger partial charge in [0, 0.05) is 25.1 Å². The molecule has 0 radical (unpaired) electrons. The summed E-state index contributed by atoms with van der Waals surface area (Å²) in [5.74, 6) is 2.64. The molecule has 0 aliphatic rings. The lowest BCUT2D eigenvalue weighted by atomic mass is 10.0. The Labute approximate surface area is 187 Å². The van der Waals surface area contributed by atoms with Crippen molar-refractivity contribution < 1.29 is 9.52 Å². The molecule has 3 aromatic rings. The van der Waals surface area contributed by atoms with Gasteiger partial charge in [-0.15, -0.1) is 24.0 Å². The van der Waals surface area contributed by atoms with Crippen molar-refractivity contribution in [1.29, 1.82) is 0 Å². The van der Waals surface area contributed by atoms with Crippen molar-refractivity contribution in [3.8, 4) is 5.82 Å². The Bertz CT molecular complexity index is 921. The first kappa shape index (κ1) is 22.9. The highest BCUT2D eigenvalue weighted by Crippen LogP contribution is 2.21. The number of hydrogen-bond donors (Lipinski definition) is 3. The van der Waals surface area contributed by atoms with Gasteiger partial charge in [0.1, 0.15) is 17.1 Å². The molecular formula is C20H27IN6O2. The van der Waals surface area contributed by atoms with Gasteiger partial charge in [-0.25, -0.2) is 14.7 Å². The van der Waals surface area contributed by atoms with Crippen LogP contribution in [0.15, 0.2) is 58.3 Å². The summed E-state index contributed by atoms with van der Waals surface area (Å²) in [6.45, 7) is 7.00. The Balaban J connectivity index is 0.00000300. The molecule has 3 aromatic heterocycles. The van der Waals surface area contributed by atoms with Gasteiger partial charge in [0.15, 0.2) is 11.8 Å². The van der Waals surface area contributed by atoms with Gasteiger partial charge in [-0.1, -0.05) is 0 Å². The quantitative estimate of drug-likeness (QED) is 0.257. The van der Waals surface area contributed by atoms with Crippen molar-refractivity contribution >= 4 is 29.9 Å². The van der Waals surface area contributed by atoms with Crippen molar-refractivity contribution in [1.82, 2.24) is 25.4 Å². The summed E-state index contributed by atoms with van der Waals surface area (Å²) in [6, 6.07) is 9.34. The van der Waals surface area contributed by atoms with Crippen LogP contribution in [0, 0.1) is 6.92 Å². The zero-order valence-electron chi connectivity index (χ0n) is 16.8. The molecule has 0 aliphatic carbocycles. The van der Waals surface area contributed by atoms with E-state index >= 15 is 0 Å². The van der Waals surface area contributed by atoms with Crippen LogP contribution in [0.3, 0.4) is 0 Å². The summed E-state index contributed by atoms with van der Waals surface area (Å²) in [4.78, 5) is 8.93. The molecule has 1 atom stereocenters. The molecule has 0 saturated heterocycles. The van der Waals surface area contributed by atoms with Gasteiger partial charge in [-0.05, 0) is 56.7 Å². The van der Waals surface area contributed by atoms with E-state index in [0.29, 0.717) is 24.8 Å². The first-order chi connectivity index (χ1) is 13.5. The van der Waals surface area contributed by atoms with Gasteiger partial charge < -0.3 is 20.2 Å². The monoisotopic (exact) mass is 510 g/mol. The molecule has 3 heterocycles. The van der Waals surface area contributed by atoms with Crippen LogP contribution in [-0.4, -0.2) is 38.9 Å². The number of aromatic nitrogens is 3. The van der Waals surface area contributed by atoms with E-state index in [0.717, 1.165) is 17.1 Å². The third-order valence-corrected chi connectivity index (χ3v) is 4.18. The summed E-state index contributed by atoms with van der Waals surface area (Å²) in [7, 11) is 0. The lowest BCUT2D eigenvalue weighted by Crippen LogP contribution is -2.44. The molecule has 0 aromatic carbocycles. The van der Waals surface area contributed by atoms with Crippen molar-refractivity contribution in [3.05, 3.63) is 66.0 Å². The molecule has 8 nitrogen and oxygen atoms in total. The number of nitrogens with zero attached hydrogens (tertiary/aromatic N) is 4. The van der Waals surface area contributed by atoms with E-state index in [2.05, 4.69) is 25.7 Å². The Morgan fingerprint density at radius 2 is 2.10 bits per heavy atom. The summed E-state index contributed by atoms with van der Waals surface area (Å²) in [5, 5.41) is 21.2. The van der Waals surface area contributed by atoms with Crippen LogP contribution >= 0.6 is 24.0 Å².